The molecule has 0 spiro atoms. The molecule has 188 valence electrons. The van der Waals surface area contributed by atoms with E-state index in [4.69, 9.17) is 9.97 Å². The second-order valence-electron chi connectivity index (χ2n) is 9.04. The molecule has 0 atom stereocenters. The van der Waals surface area contributed by atoms with Crippen LogP contribution in [0.15, 0.2) is 65.8 Å². The minimum absolute atomic E-state index is 0.210. The predicted molar refractivity (Wildman–Crippen MR) is 143 cm³/mol. The van der Waals surface area contributed by atoms with E-state index in [-0.39, 0.29) is 4.90 Å². The highest BCUT2D eigenvalue weighted by Crippen LogP contribution is 2.28. The van der Waals surface area contributed by atoms with Crippen molar-refractivity contribution >= 4 is 44.3 Å². The number of hydrogen-bond donors (Lipinski definition) is 2. The highest BCUT2D eigenvalue weighted by atomic mass is 32.2. The molecular weight excluding hydrogens is 474 g/mol. The van der Waals surface area contributed by atoms with E-state index in [1.54, 1.807) is 49.8 Å². The van der Waals surface area contributed by atoms with Crippen molar-refractivity contribution in [3.63, 3.8) is 0 Å². The summed E-state index contributed by atoms with van der Waals surface area (Å²) in [7, 11) is -2.13. The molecule has 0 aliphatic heterocycles. The number of sulfonamides is 1. The van der Waals surface area contributed by atoms with Crippen molar-refractivity contribution in [1.82, 2.24) is 19.5 Å². The Kier molecular flexibility index (Phi) is 6.77. The lowest BCUT2D eigenvalue weighted by molar-refractivity contribution is 0.461. The van der Waals surface area contributed by atoms with Crippen LogP contribution in [-0.4, -0.2) is 41.0 Å². The summed E-state index contributed by atoms with van der Waals surface area (Å²) in [6, 6.07) is 16.1. The fourth-order valence-corrected chi connectivity index (χ4v) is 5.73. The highest BCUT2D eigenvalue weighted by Gasteiger charge is 2.22. The first-order chi connectivity index (χ1) is 17.5. The van der Waals surface area contributed by atoms with Crippen LogP contribution in [0.5, 0.6) is 0 Å². The zero-order chi connectivity index (χ0) is 25.1. The van der Waals surface area contributed by atoms with E-state index < -0.39 is 10.0 Å². The molecule has 1 aliphatic carbocycles. The molecule has 0 radical (unpaired) electrons. The Hall–Kier alpha value is -3.66. The number of imidazole rings is 1. The SMILES string of the molecule is CCn1cnc2c(Nc3ccc(S(=O)(=O)N(C)c4ccccc4)cc3)nc(NC3CCCCC3)nc21. The number of aryl methyl sites for hydroxylation is 1. The van der Waals surface area contributed by atoms with Gasteiger partial charge in [-0.25, -0.2) is 13.4 Å². The van der Waals surface area contributed by atoms with Crippen molar-refractivity contribution in [1.29, 1.82) is 0 Å². The molecule has 10 heteroatoms. The minimum atomic E-state index is -3.69. The topological polar surface area (TPSA) is 105 Å². The van der Waals surface area contributed by atoms with Crippen molar-refractivity contribution in [2.75, 3.05) is 22.0 Å². The van der Waals surface area contributed by atoms with Crippen LogP contribution in [0.4, 0.5) is 23.1 Å². The summed E-state index contributed by atoms with van der Waals surface area (Å²) in [5.74, 6) is 1.17. The van der Waals surface area contributed by atoms with Crippen LogP contribution in [0.1, 0.15) is 39.0 Å². The minimum Gasteiger partial charge on any atom is -0.351 e. The van der Waals surface area contributed by atoms with Gasteiger partial charge in [0.1, 0.15) is 0 Å². The highest BCUT2D eigenvalue weighted by molar-refractivity contribution is 7.92. The molecule has 2 aromatic carbocycles. The van der Waals surface area contributed by atoms with Gasteiger partial charge in [-0.2, -0.15) is 9.97 Å². The van der Waals surface area contributed by atoms with Gasteiger partial charge < -0.3 is 15.2 Å². The van der Waals surface area contributed by atoms with Crippen molar-refractivity contribution in [2.24, 2.45) is 0 Å². The van der Waals surface area contributed by atoms with Gasteiger partial charge in [0, 0.05) is 25.3 Å². The molecule has 1 aliphatic rings. The normalized spacial score (nSPS) is 14.6. The molecular formula is C26H31N7O2S. The lowest BCUT2D eigenvalue weighted by Gasteiger charge is -2.23. The lowest BCUT2D eigenvalue weighted by Crippen LogP contribution is -2.26. The van der Waals surface area contributed by atoms with Crippen LogP contribution in [0, 0.1) is 0 Å². The van der Waals surface area contributed by atoms with E-state index in [1.165, 1.54) is 23.6 Å². The van der Waals surface area contributed by atoms with Crippen molar-refractivity contribution in [2.45, 2.75) is 56.5 Å². The Morgan fingerprint density at radius 2 is 1.72 bits per heavy atom. The molecule has 1 saturated carbocycles. The first-order valence-electron chi connectivity index (χ1n) is 12.4. The molecule has 2 heterocycles. The second-order valence-corrected chi connectivity index (χ2v) is 11.0. The molecule has 1 fully saturated rings. The predicted octanol–water partition coefficient (Wildman–Crippen LogP) is 5.16. The fraction of sp³-hybridized carbons (Fsp3) is 0.346. The van der Waals surface area contributed by atoms with Crippen LogP contribution in [0.3, 0.4) is 0 Å². The molecule has 36 heavy (non-hydrogen) atoms. The molecule has 0 amide bonds. The number of fused-ring (bicyclic) bond motifs is 1. The molecule has 0 unspecified atom stereocenters. The van der Waals surface area contributed by atoms with Gasteiger partial charge in [-0.3, -0.25) is 4.31 Å². The van der Waals surface area contributed by atoms with Crippen molar-refractivity contribution in [3.05, 3.63) is 60.9 Å². The number of benzene rings is 2. The van der Waals surface area contributed by atoms with Gasteiger partial charge >= 0.3 is 0 Å². The molecule has 2 aromatic heterocycles. The van der Waals surface area contributed by atoms with E-state index in [9.17, 15) is 8.42 Å². The standard InChI is InChI=1S/C26H31N7O2S/c1-3-33-18-27-23-24(30-26(31-25(23)33)29-19-10-6-4-7-11-19)28-20-14-16-22(17-15-20)36(34,35)32(2)21-12-8-5-9-13-21/h5,8-9,12-19H,3-4,6-7,10-11H2,1-2H3,(H2,28,29,30,31). The molecule has 2 N–H and O–H groups in total. The maximum absolute atomic E-state index is 13.1. The quantitative estimate of drug-likeness (QED) is 0.341. The number of hydrogen-bond acceptors (Lipinski definition) is 7. The maximum atomic E-state index is 13.1. The van der Waals surface area contributed by atoms with Gasteiger partial charge in [0.15, 0.2) is 17.0 Å². The van der Waals surface area contributed by atoms with E-state index >= 15 is 0 Å². The third-order valence-electron chi connectivity index (χ3n) is 6.64. The number of rotatable bonds is 8. The van der Waals surface area contributed by atoms with E-state index in [0.717, 1.165) is 25.0 Å². The maximum Gasteiger partial charge on any atom is 0.264 e. The molecule has 0 saturated heterocycles. The third-order valence-corrected chi connectivity index (χ3v) is 8.44. The van der Waals surface area contributed by atoms with Crippen molar-refractivity contribution < 1.29 is 8.42 Å². The summed E-state index contributed by atoms with van der Waals surface area (Å²) in [5, 5.41) is 6.84. The lowest BCUT2D eigenvalue weighted by atomic mass is 9.96. The van der Waals surface area contributed by atoms with Crippen LogP contribution in [-0.2, 0) is 16.6 Å². The fourth-order valence-electron chi connectivity index (χ4n) is 4.54. The summed E-state index contributed by atoms with van der Waals surface area (Å²) >= 11 is 0. The Morgan fingerprint density at radius 1 is 1.00 bits per heavy atom. The number of anilines is 4. The molecule has 9 nitrogen and oxygen atoms in total. The number of nitrogens with one attached hydrogen (secondary N) is 2. The first kappa shape index (κ1) is 24.1. The number of nitrogens with zero attached hydrogens (tertiary/aromatic N) is 5. The van der Waals surface area contributed by atoms with Gasteiger partial charge in [-0.15, -0.1) is 0 Å². The molecule has 4 aromatic rings. The van der Waals surface area contributed by atoms with E-state index in [1.807, 2.05) is 22.8 Å². The van der Waals surface area contributed by atoms with Crippen LogP contribution < -0.4 is 14.9 Å². The average molecular weight is 506 g/mol. The van der Waals surface area contributed by atoms with Crippen LogP contribution in [0.25, 0.3) is 11.2 Å². The average Bonchev–Trinajstić information content (AvgIpc) is 3.33. The summed E-state index contributed by atoms with van der Waals surface area (Å²) in [4.78, 5) is 14.2. The largest absolute Gasteiger partial charge is 0.351 e. The zero-order valence-electron chi connectivity index (χ0n) is 20.6. The zero-order valence-corrected chi connectivity index (χ0v) is 21.4. The van der Waals surface area contributed by atoms with Gasteiger partial charge in [0.25, 0.3) is 10.0 Å². The molecule has 0 bridgehead atoms. The van der Waals surface area contributed by atoms with Gasteiger partial charge in [0.2, 0.25) is 5.95 Å². The van der Waals surface area contributed by atoms with E-state index in [2.05, 4.69) is 22.5 Å². The van der Waals surface area contributed by atoms with Gasteiger partial charge in [-0.1, -0.05) is 37.5 Å². The van der Waals surface area contributed by atoms with E-state index in [0.29, 0.717) is 34.7 Å². The number of aromatic nitrogens is 4. The second kappa shape index (κ2) is 10.1. The van der Waals surface area contributed by atoms with Crippen LogP contribution in [0.2, 0.25) is 0 Å². The Balaban J connectivity index is 1.41. The van der Waals surface area contributed by atoms with Crippen LogP contribution >= 0.6 is 0 Å². The van der Waals surface area contributed by atoms with Gasteiger partial charge in [-0.05, 0) is 56.2 Å². The summed E-state index contributed by atoms with van der Waals surface area (Å²) < 4.78 is 29.5. The monoisotopic (exact) mass is 505 g/mol. The van der Waals surface area contributed by atoms with Gasteiger partial charge in [0.05, 0.1) is 16.9 Å². The first-order valence-corrected chi connectivity index (χ1v) is 13.8. The number of para-hydroxylation sites is 1. The summed E-state index contributed by atoms with van der Waals surface area (Å²) in [6.07, 6.45) is 7.71. The third kappa shape index (κ3) is 4.86. The Labute approximate surface area is 211 Å². The Bertz CT molecular complexity index is 1430. The van der Waals surface area contributed by atoms with Crippen molar-refractivity contribution in [3.8, 4) is 0 Å². The summed E-state index contributed by atoms with van der Waals surface area (Å²) in [6.45, 7) is 2.80. The Morgan fingerprint density at radius 3 is 2.42 bits per heavy atom. The summed E-state index contributed by atoms with van der Waals surface area (Å²) in [5.41, 5.74) is 2.75. The molecule has 5 rings (SSSR count). The smallest absolute Gasteiger partial charge is 0.264 e.